The molecule has 2 fully saturated rings. The molecule has 0 spiro atoms. The van der Waals surface area contributed by atoms with Crippen molar-refractivity contribution in [1.82, 2.24) is 9.55 Å². The molecule has 0 atom stereocenters. The maximum absolute atomic E-state index is 13.5. The lowest BCUT2D eigenvalue weighted by atomic mass is 9.80. The van der Waals surface area contributed by atoms with E-state index in [2.05, 4.69) is 11.8 Å². The highest BCUT2D eigenvalue weighted by Gasteiger charge is 2.35. The van der Waals surface area contributed by atoms with E-state index >= 15 is 0 Å². The molecule has 2 saturated carbocycles. The fourth-order valence-electron chi connectivity index (χ4n) is 5.04. The van der Waals surface area contributed by atoms with Gasteiger partial charge in [-0.3, -0.25) is 9.59 Å². The van der Waals surface area contributed by atoms with Gasteiger partial charge in [0.25, 0.3) is 0 Å². The van der Waals surface area contributed by atoms with E-state index < -0.39 is 0 Å². The summed E-state index contributed by atoms with van der Waals surface area (Å²) in [5.74, 6) is 1.95. The molecule has 180 valence electrons. The monoisotopic (exact) mass is 499 g/mol. The first-order valence-corrected chi connectivity index (χ1v) is 13.6. The number of aromatic nitrogens is 2. The van der Waals surface area contributed by atoms with E-state index in [0.717, 1.165) is 36.0 Å². The molecule has 0 saturated heterocycles. The van der Waals surface area contributed by atoms with Crippen LogP contribution < -0.4 is 10.3 Å². The highest BCUT2D eigenvalue weighted by atomic mass is 35.5. The Hall–Kier alpha value is -2.25. The Labute approximate surface area is 208 Å². The smallest absolute Gasteiger partial charge is 0.326 e. The molecule has 6 nitrogen and oxygen atoms in total. The number of hydrogen-bond donors (Lipinski definition) is 0. The van der Waals surface area contributed by atoms with Crippen LogP contribution in [-0.4, -0.2) is 41.0 Å². The van der Waals surface area contributed by atoms with Gasteiger partial charge in [0.15, 0.2) is 5.43 Å². The van der Waals surface area contributed by atoms with Crippen molar-refractivity contribution in [1.29, 1.82) is 0 Å². The second-order valence-corrected chi connectivity index (χ2v) is 10.8. The Kier molecular flexibility index (Phi) is 6.51. The Bertz CT molecular complexity index is 1310. The molecule has 3 aromatic rings. The van der Waals surface area contributed by atoms with Gasteiger partial charge < -0.3 is 14.2 Å². The number of ether oxygens (including phenoxy) is 1. The number of anilines is 1. The average molecular weight is 500 g/mol. The van der Waals surface area contributed by atoms with Crippen LogP contribution >= 0.6 is 23.4 Å². The van der Waals surface area contributed by atoms with Gasteiger partial charge in [-0.25, -0.2) is 4.98 Å². The summed E-state index contributed by atoms with van der Waals surface area (Å²) in [6, 6.07) is 7.80. The molecule has 2 heterocycles. The van der Waals surface area contributed by atoms with E-state index in [-0.39, 0.29) is 17.9 Å². The van der Waals surface area contributed by atoms with Crippen molar-refractivity contribution in [2.45, 2.75) is 57.0 Å². The predicted octanol–water partition coefficient (Wildman–Crippen LogP) is 5.50. The second-order valence-electron chi connectivity index (χ2n) is 9.56. The number of hydrogen-bond acceptors (Lipinski definition) is 6. The van der Waals surface area contributed by atoms with Crippen molar-refractivity contribution in [2.24, 2.45) is 11.8 Å². The SMILES string of the molecule is CCOC(=O)Cn1c2nc(N(CC3CC3)C3CC(C)C3)ccc2c(=O)c2ccc(Cl)c(SC)c21. The summed E-state index contributed by atoms with van der Waals surface area (Å²) in [5.41, 5.74) is 1.05. The molecule has 2 aliphatic rings. The summed E-state index contributed by atoms with van der Waals surface area (Å²) in [5, 5.41) is 1.58. The number of fused-ring (bicyclic) bond motifs is 2. The minimum atomic E-state index is -0.365. The third-order valence-corrected chi connectivity index (χ3v) is 8.24. The van der Waals surface area contributed by atoms with Crippen molar-refractivity contribution in [3.8, 4) is 0 Å². The molecule has 0 radical (unpaired) electrons. The largest absolute Gasteiger partial charge is 0.465 e. The topological polar surface area (TPSA) is 64.4 Å². The lowest BCUT2D eigenvalue weighted by Crippen LogP contribution is -2.45. The Morgan fingerprint density at radius 3 is 2.62 bits per heavy atom. The summed E-state index contributed by atoms with van der Waals surface area (Å²) < 4.78 is 7.10. The molecule has 0 bridgehead atoms. The Morgan fingerprint density at radius 2 is 1.97 bits per heavy atom. The zero-order valence-electron chi connectivity index (χ0n) is 19.8. The first-order chi connectivity index (χ1) is 16.4. The minimum Gasteiger partial charge on any atom is -0.465 e. The molecular formula is C26H30ClN3O3S. The number of esters is 1. The summed E-state index contributed by atoms with van der Waals surface area (Å²) in [6.07, 6.45) is 6.77. The fourth-order valence-corrected chi connectivity index (χ4v) is 6.10. The Balaban J connectivity index is 1.73. The molecule has 34 heavy (non-hydrogen) atoms. The molecule has 2 aliphatic carbocycles. The molecule has 1 aromatic carbocycles. The van der Waals surface area contributed by atoms with Crippen molar-refractivity contribution in [2.75, 3.05) is 24.3 Å². The van der Waals surface area contributed by atoms with E-state index in [9.17, 15) is 9.59 Å². The highest BCUT2D eigenvalue weighted by Crippen LogP contribution is 2.39. The molecule has 0 amide bonds. The van der Waals surface area contributed by atoms with Crippen LogP contribution in [0.25, 0.3) is 21.9 Å². The van der Waals surface area contributed by atoms with Gasteiger partial charge in [-0.05, 0) is 75.0 Å². The number of carbonyl (C=O) groups is 1. The zero-order chi connectivity index (χ0) is 24.0. The number of halogens is 1. The lowest BCUT2D eigenvalue weighted by molar-refractivity contribution is -0.143. The second kappa shape index (κ2) is 9.42. The van der Waals surface area contributed by atoms with Crippen LogP contribution in [0.2, 0.25) is 5.02 Å². The number of rotatable bonds is 8. The van der Waals surface area contributed by atoms with Crippen molar-refractivity contribution in [3.05, 3.63) is 39.5 Å². The van der Waals surface area contributed by atoms with Gasteiger partial charge >= 0.3 is 5.97 Å². The third-order valence-electron chi connectivity index (χ3n) is 6.99. The standard InChI is InChI=1S/C26H30ClN3O3S/c1-4-33-22(31)14-30-23-18(7-9-20(27)25(23)34-3)24(32)19-8-10-21(28-26(19)30)29(13-16-5-6-16)17-11-15(2)12-17/h7-10,15-17H,4-6,11-14H2,1-3H3. The molecule has 5 rings (SSSR count). The average Bonchev–Trinajstić information content (AvgIpc) is 3.62. The first-order valence-electron chi connectivity index (χ1n) is 12.0. The lowest BCUT2D eigenvalue weighted by Gasteiger charge is -2.42. The maximum Gasteiger partial charge on any atom is 0.326 e. The molecule has 0 N–H and O–H groups in total. The quantitative estimate of drug-likeness (QED) is 0.231. The van der Waals surface area contributed by atoms with Crippen molar-refractivity contribution >= 4 is 57.1 Å². The molecular weight excluding hydrogens is 470 g/mol. The molecule has 0 unspecified atom stereocenters. The summed E-state index contributed by atoms with van der Waals surface area (Å²) in [4.78, 5) is 34.4. The number of nitrogens with zero attached hydrogens (tertiary/aromatic N) is 3. The van der Waals surface area contributed by atoms with Crippen LogP contribution in [-0.2, 0) is 16.1 Å². The molecule has 8 heteroatoms. The fraction of sp³-hybridized carbons (Fsp3) is 0.500. The summed E-state index contributed by atoms with van der Waals surface area (Å²) >= 11 is 7.98. The van der Waals surface area contributed by atoms with Gasteiger partial charge in [-0.1, -0.05) is 18.5 Å². The van der Waals surface area contributed by atoms with Gasteiger partial charge in [0.1, 0.15) is 18.0 Å². The Morgan fingerprint density at radius 1 is 1.24 bits per heavy atom. The number of benzene rings is 1. The summed E-state index contributed by atoms with van der Waals surface area (Å²) in [7, 11) is 0. The maximum atomic E-state index is 13.5. The zero-order valence-corrected chi connectivity index (χ0v) is 21.4. The summed E-state index contributed by atoms with van der Waals surface area (Å²) in [6.45, 7) is 5.33. The number of thioether (sulfide) groups is 1. The van der Waals surface area contributed by atoms with Crippen molar-refractivity contribution < 1.29 is 9.53 Å². The molecule has 2 aromatic heterocycles. The van der Waals surface area contributed by atoms with Crippen LogP contribution in [0.15, 0.2) is 34.0 Å². The van der Waals surface area contributed by atoms with Crippen LogP contribution in [0.3, 0.4) is 0 Å². The minimum absolute atomic E-state index is 0.0332. The van der Waals surface area contributed by atoms with Crippen LogP contribution in [0, 0.1) is 11.8 Å². The first kappa shape index (κ1) is 23.5. The third kappa shape index (κ3) is 4.29. The van der Waals surface area contributed by atoms with Crippen LogP contribution in [0.1, 0.15) is 39.5 Å². The van der Waals surface area contributed by atoms with Gasteiger partial charge in [0, 0.05) is 18.0 Å². The van der Waals surface area contributed by atoms with Gasteiger partial charge in [-0.15, -0.1) is 11.8 Å². The number of pyridine rings is 2. The predicted molar refractivity (Wildman–Crippen MR) is 139 cm³/mol. The van der Waals surface area contributed by atoms with Gasteiger partial charge in [0.2, 0.25) is 0 Å². The number of carbonyl (C=O) groups excluding carboxylic acids is 1. The highest BCUT2D eigenvalue weighted by molar-refractivity contribution is 7.99. The van der Waals surface area contributed by atoms with Crippen LogP contribution in [0.5, 0.6) is 0 Å². The van der Waals surface area contributed by atoms with Gasteiger partial charge in [-0.2, -0.15) is 0 Å². The van der Waals surface area contributed by atoms with E-state index in [1.54, 1.807) is 19.1 Å². The normalized spacial score (nSPS) is 19.9. The van der Waals surface area contributed by atoms with E-state index in [1.807, 2.05) is 23.0 Å². The van der Waals surface area contributed by atoms with Crippen molar-refractivity contribution in [3.63, 3.8) is 0 Å². The van der Waals surface area contributed by atoms with Gasteiger partial charge in [0.05, 0.1) is 27.4 Å². The molecule has 0 aliphatic heterocycles. The van der Waals surface area contributed by atoms with E-state index in [4.69, 9.17) is 21.3 Å². The van der Waals surface area contributed by atoms with E-state index in [1.165, 1.54) is 24.6 Å². The van der Waals surface area contributed by atoms with Crippen LogP contribution in [0.4, 0.5) is 5.82 Å². The van der Waals surface area contributed by atoms with E-state index in [0.29, 0.717) is 45.5 Å².